The molecule has 0 radical (unpaired) electrons. The lowest BCUT2D eigenvalue weighted by atomic mass is 10.6. The van der Waals surface area contributed by atoms with Crippen molar-refractivity contribution >= 4 is 6.16 Å². The van der Waals surface area contributed by atoms with Crippen molar-refractivity contribution in [2.75, 3.05) is 6.61 Å². The van der Waals surface area contributed by atoms with Crippen LogP contribution in [0.4, 0.5) is 4.79 Å². The maximum atomic E-state index is 10.3. The number of ether oxygens (including phenoxy) is 2. The van der Waals surface area contributed by atoms with Crippen LogP contribution >= 0.6 is 0 Å². The molecule has 0 aromatic rings. The molecule has 0 saturated heterocycles. The molecule has 0 rings (SSSR count). The molecule has 0 saturated carbocycles. The van der Waals surface area contributed by atoms with Crippen LogP contribution in [0.5, 0.6) is 0 Å². The minimum absolute atomic E-state index is 0.326. The van der Waals surface area contributed by atoms with E-state index in [2.05, 4.69) is 29.9 Å². The fraction of sp³-hybridized carbons (Fsp3) is 0.667. The van der Waals surface area contributed by atoms with Crippen LogP contribution in [0.2, 0.25) is 0 Å². The second kappa shape index (κ2) is 10.0. The summed E-state index contributed by atoms with van der Waals surface area (Å²) < 4.78 is 8.87. The molecule has 0 spiro atoms. The van der Waals surface area contributed by atoms with Crippen molar-refractivity contribution in [3.05, 3.63) is 12.3 Å². The minimum atomic E-state index is -0.690. The Morgan fingerprint density at radius 2 is 1.75 bits per heavy atom. The molecule has 0 aliphatic carbocycles. The van der Waals surface area contributed by atoms with Gasteiger partial charge in [-0.2, -0.15) is 0 Å². The lowest BCUT2D eigenvalue weighted by Crippen LogP contribution is -2.04. The van der Waals surface area contributed by atoms with Crippen molar-refractivity contribution in [2.45, 2.75) is 34.1 Å². The number of hydrogen-bond acceptors (Lipinski definition) is 3. The summed E-state index contributed by atoms with van der Waals surface area (Å²) >= 11 is 0. The van der Waals surface area contributed by atoms with Gasteiger partial charge in [0.1, 0.15) is 5.76 Å². The van der Waals surface area contributed by atoms with Gasteiger partial charge in [-0.25, -0.2) is 4.79 Å². The lowest BCUT2D eigenvalue weighted by Gasteiger charge is -2.00. The maximum absolute atomic E-state index is 10.3. The molecular weight excluding hydrogens is 156 g/mol. The van der Waals surface area contributed by atoms with E-state index in [1.807, 2.05) is 0 Å². The largest absolute Gasteiger partial charge is 0.513 e. The molecule has 0 aliphatic heterocycles. The summed E-state index contributed by atoms with van der Waals surface area (Å²) in [6, 6.07) is 0. The molecule has 0 heterocycles. The van der Waals surface area contributed by atoms with Crippen LogP contribution in [0, 0.1) is 0 Å². The van der Waals surface area contributed by atoms with E-state index in [0.29, 0.717) is 12.4 Å². The van der Waals surface area contributed by atoms with Gasteiger partial charge in [0, 0.05) is 0 Å². The van der Waals surface area contributed by atoms with E-state index in [4.69, 9.17) is 0 Å². The smallest absolute Gasteiger partial charge is 0.434 e. The summed E-state index contributed by atoms with van der Waals surface area (Å²) in [6.45, 7) is 11.2. The number of carbonyl (C=O) groups is 1. The monoisotopic (exact) mass is 174 g/mol. The summed E-state index contributed by atoms with van der Waals surface area (Å²) in [6.07, 6.45) is 0.560. The molecule has 0 aromatic heterocycles. The Hall–Kier alpha value is -0.990. The van der Waals surface area contributed by atoms with Crippen LogP contribution in [-0.2, 0) is 9.47 Å². The number of carbonyl (C=O) groups excluding carboxylic acids is 1. The van der Waals surface area contributed by atoms with E-state index in [-0.39, 0.29) is 0 Å². The molecule has 0 atom stereocenters. The third-order valence-electron chi connectivity index (χ3n) is 0.520. The zero-order valence-corrected chi connectivity index (χ0v) is 8.35. The van der Waals surface area contributed by atoms with Gasteiger partial charge in [0.25, 0.3) is 0 Å². The van der Waals surface area contributed by atoms with Gasteiger partial charge in [-0.15, -0.1) is 0 Å². The van der Waals surface area contributed by atoms with Crippen molar-refractivity contribution in [1.82, 2.24) is 0 Å². The molecule has 0 N–H and O–H groups in total. The highest BCUT2D eigenvalue weighted by Gasteiger charge is 1.99. The van der Waals surface area contributed by atoms with Crippen LogP contribution in [0.1, 0.15) is 34.1 Å². The third-order valence-corrected chi connectivity index (χ3v) is 0.520. The zero-order valence-electron chi connectivity index (χ0n) is 8.35. The SMILES string of the molecule is C=C(C)OC(=O)OCC.CCC. The van der Waals surface area contributed by atoms with Gasteiger partial charge in [0.2, 0.25) is 0 Å². The molecule has 12 heavy (non-hydrogen) atoms. The third kappa shape index (κ3) is 16.0. The maximum Gasteiger partial charge on any atom is 0.513 e. The first-order valence-corrected chi connectivity index (χ1v) is 4.08. The Kier molecular flexibility index (Phi) is 11.3. The van der Waals surface area contributed by atoms with Crippen molar-refractivity contribution in [1.29, 1.82) is 0 Å². The van der Waals surface area contributed by atoms with E-state index in [1.165, 1.54) is 6.42 Å². The topological polar surface area (TPSA) is 35.5 Å². The minimum Gasteiger partial charge on any atom is -0.434 e. The van der Waals surface area contributed by atoms with Crippen LogP contribution < -0.4 is 0 Å². The van der Waals surface area contributed by atoms with E-state index in [1.54, 1.807) is 13.8 Å². The fourth-order valence-corrected chi connectivity index (χ4v) is 0.290. The highest BCUT2D eigenvalue weighted by molar-refractivity contribution is 5.61. The predicted molar refractivity (Wildman–Crippen MR) is 48.9 cm³/mol. The second-order valence-corrected chi connectivity index (χ2v) is 2.19. The summed E-state index contributed by atoms with van der Waals surface area (Å²) in [4.78, 5) is 10.3. The Labute approximate surface area is 74.4 Å². The number of allylic oxidation sites excluding steroid dienone is 1. The summed E-state index contributed by atoms with van der Waals surface area (Å²) in [5.74, 6) is 0.341. The molecule has 3 heteroatoms. The Morgan fingerprint density at radius 3 is 2.00 bits per heavy atom. The normalized spacial score (nSPS) is 7.67. The lowest BCUT2D eigenvalue weighted by molar-refractivity contribution is 0.0822. The quantitative estimate of drug-likeness (QED) is 0.476. The van der Waals surface area contributed by atoms with Gasteiger partial charge < -0.3 is 9.47 Å². The average molecular weight is 174 g/mol. The van der Waals surface area contributed by atoms with Gasteiger partial charge in [0.15, 0.2) is 0 Å². The standard InChI is InChI=1S/C6H10O3.C3H8/c1-4-8-6(7)9-5(2)3;1-3-2/h2,4H2,1,3H3;3H2,1-2H3. The van der Waals surface area contributed by atoms with E-state index >= 15 is 0 Å². The van der Waals surface area contributed by atoms with Gasteiger partial charge >= 0.3 is 6.16 Å². The first-order chi connectivity index (χ1) is 5.58. The summed E-state index contributed by atoms with van der Waals surface area (Å²) in [7, 11) is 0. The highest BCUT2D eigenvalue weighted by Crippen LogP contribution is 1.93. The number of hydrogen-bond donors (Lipinski definition) is 0. The van der Waals surface area contributed by atoms with Gasteiger partial charge in [0.05, 0.1) is 6.61 Å². The molecule has 0 unspecified atom stereocenters. The second-order valence-electron chi connectivity index (χ2n) is 2.19. The van der Waals surface area contributed by atoms with Gasteiger partial charge in [-0.3, -0.25) is 0 Å². The van der Waals surface area contributed by atoms with Crippen molar-refractivity contribution < 1.29 is 14.3 Å². The van der Waals surface area contributed by atoms with E-state index in [0.717, 1.165) is 0 Å². The van der Waals surface area contributed by atoms with Crippen molar-refractivity contribution in [3.8, 4) is 0 Å². The van der Waals surface area contributed by atoms with Crippen LogP contribution in [0.15, 0.2) is 12.3 Å². The molecule has 3 nitrogen and oxygen atoms in total. The molecule has 0 aromatic carbocycles. The Bertz CT molecular complexity index is 130. The predicted octanol–water partition coefficient (Wildman–Crippen LogP) is 3.11. The Balaban J connectivity index is 0. The Morgan fingerprint density at radius 1 is 1.33 bits per heavy atom. The summed E-state index contributed by atoms with van der Waals surface area (Å²) in [5.41, 5.74) is 0. The first-order valence-electron chi connectivity index (χ1n) is 4.08. The van der Waals surface area contributed by atoms with Crippen LogP contribution in [0.3, 0.4) is 0 Å². The molecule has 0 fully saturated rings. The number of rotatable bonds is 2. The van der Waals surface area contributed by atoms with Gasteiger partial charge in [-0.1, -0.05) is 26.8 Å². The van der Waals surface area contributed by atoms with Crippen LogP contribution in [-0.4, -0.2) is 12.8 Å². The van der Waals surface area contributed by atoms with Crippen molar-refractivity contribution in [3.63, 3.8) is 0 Å². The fourth-order valence-electron chi connectivity index (χ4n) is 0.290. The molecule has 0 bridgehead atoms. The van der Waals surface area contributed by atoms with Crippen LogP contribution in [0.25, 0.3) is 0 Å². The summed E-state index contributed by atoms with van der Waals surface area (Å²) in [5, 5.41) is 0. The molecule has 0 amide bonds. The van der Waals surface area contributed by atoms with E-state index < -0.39 is 6.16 Å². The van der Waals surface area contributed by atoms with Gasteiger partial charge in [-0.05, 0) is 13.8 Å². The van der Waals surface area contributed by atoms with E-state index in [9.17, 15) is 4.79 Å². The first kappa shape index (κ1) is 13.6. The zero-order chi connectivity index (χ0) is 9.98. The van der Waals surface area contributed by atoms with Crippen molar-refractivity contribution in [2.24, 2.45) is 0 Å². The molecular formula is C9H18O3. The molecule has 72 valence electrons. The molecule has 0 aliphatic rings. The average Bonchev–Trinajstić information content (AvgIpc) is 1.87. The highest BCUT2D eigenvalue weighted by atomic mass is 16.7.